The first-order chi connectivity index (χ1) is 11.2. The molecule has 5 nitrogen and oxygen atoms in total. The average molecular weight is 368 g/mol. The van der Waals surface area contributed by atoms with Crippen LogP contribution in [0.25, 0.3) is 0 Å². The Bertz CT molecular complexity index is 753. The van der Waals surface area contributed by atoms with Crippen LogP contribution < -0.4 is 10.1 Å². The van der Waals surface area contributed by atoms with Crippen LogP contribution in [0.4, 0.5) is 5.69 Å². The van der Waals surface area contributed by atoms with Gasteiger partial charge < -0.3 is 10.1 Å². The summed E-state index contributed by atoms with van der Waals surface area (Å²) in [6.07, 6.45) is 4.07. The maximum atomic E-state index is 12.4. The van der Waals surface area contributed by atoms with Crippen molar-refractivity contribution in [2.24, 2.45) is 7.05 Å². The fourth-order valence-corrected chi connectivity index (χ4v) is 3.01. The number of carbonyl (C=O) groups excluding carboxylic acids is 1. The molecule has 1 unspecified atom stereocenters. The Kier molecular flexibility index (Phi) is 4.26. The lowest BCUT2D eigenvalue weighted by molar-refractivity contribution is -0.128. The van der Waals surface area contributed by atoms with Gasteiger partial charge in [-0.3, -0.25) is 9.48 Å². The van der Waals surface area contributed by atoms with E-state index < -0.39 is 9.93 Å². The second-order valence-electron chi connectivity index (χ2n) is 6.56. The highest BCUT2D eigenvalue weighted by atomic mass is 35.5. The van der Waals surface area contributed by atoms with Gasteiger partial charge in [-0.1, -0.05) is 12.1 Å². The van der Waals surface area contributed by atoms with E-state index in [2.05, 4.69) is 10.4 Å². The number of alkyl halides is 2. The SMILES string of the molecule is Cn1cc(NC(=O)C(C)(C)Oc2ccc(C3CC3(Cl)Cl)cc2)cn1. The molecule has 2 aromatic rings. The molecule has 24 heavy (non-hydrogen) atoms. The van der Waals surface area contributed by atoms with Crippen LogP contribution in [-0.2, 0) is 11.8 Å². The van der Waals surface area contributed by atoms with E-state index in [9.17, 15) is 4.79 Å². The lowest BCUT2D eigenvalue weighted by atomic mass is 10.1. The molecule has 1 N–H and O–H groups in total. The third-order valence-electron chi connectivity index (χ3n) is 3.99. The van der Waals surface area contributed by atoms with Gasteiger partial charge in [-0.2, -0.15) is 5.10 Å². The Balaban J connectivity index is 1.64. The van der Waals surface area contributed by atoms with Gasteiger partial charge in [-0.15, -0.1) is 23.2 Å². The molecule has 7 heteroatoms. The Hall–Kier alpha value is -1.72. The first-order valence-corrected chi connectivity index (χ1v) is 8.40. The molecule has 1 amide bonds. The summed E-state index contributed by atoms with van der Waals surface area (Å²) < 4.78 is 6.82. The fraction of sp³-hybridized carbons (Fsp3) is 0.412. The number of amides is 1. The summed E-state index contributed by atoms with van der Waals surface area (Å²) in [7, 11) is 1.79. The lowest BCUT2D eigenvalue weighted by Crippen LogP contribution is -2.42. The van der Waals surface area contributed by atoms with Gasteiger partial charge in [-0.05, 0) is 38.0 Å². The number of nitrogens with zero attached hydrogens (tertiary/aromatic N) is 2. The third kappa shape index (κ3) is 3.68. The number of aromatic nitrogens is 2. The number of rotatable bonds is 5. The molecule has 1 atom stereocenters. The number of benzene rings is 1. The van der Waals surface area contributed by atoms with Gasteiger partial charge in [0.15, 0.2) is 5.60 Å². The first kappa shape index (κ1) is 17.1. The van der Waals surface area contributed by atoms with Crippen molar-refractivity contribution < 1.29 is 9.53 Å². The third-order valence-corrected chi connectivity index (χ3v) is 4.83. The second kappa shape index (κ2) is 5.97. The van der Waals surface area contributed by atoms with Crippen molar-refractivity contribution in [3.05, 3.63) is 42.2 Å². The quantitative estimate of drug-likeness (QED) is 0.815. The highest BCUT2D eigenvalue weighted by Crippen LogP contribution is 2.59. The highest BCUT2D eigenvalue weighted by Gasteiger charge is 2.52. The Morgan fingerprint density at radius 3 is 2.50 bits per heavy atom. The summed E-state index contributed by atoms with van der Waals surface area (Å²) in [5.74, 6) is 0.527. The number of carbonyl (C=O) groups is 1. The zero-order valence-corrected chi connectivity index (χ0v) is 15.2. The van der Waals surface area contributed by atoms with Gasteiger partial charge >= 0.3 is 0 Å². The minimum atomic E-state index is -1.03. The van der Waals surface area contributed by atoms with Gasteiger partial charge in [0, 0.05) is 19.2 Å². The molecule has 0 bridgehead atoms. The van der Waals surface area contributed by atoms with Crippen LogP contribution >= 0.6 is 23.2 Å². The maximum Gasteiger partial charge on any atom is 0.268 e. The molecule has 128 valence electrons. The topological polar surface area (TPSA) is 56.2 Å². The first-order valence-electron chi connectivity index (χ1n) is 7.64. The molecule has 1 aliphatic carbocycles. The van der Waals surface area contributed by atoms with Crippen LogP contribution in [0.2, 0.25) is 0 Å². The van der Waals surface area contributed by atoms with Crippen LogP contribution in [0.3, 0.4) is 0 Å². The van der Waals surface area contributed by atoms with E-state index in [1.807, 2.05) is 24.3 Å². The van der Waals surface area contributed by atoms with E-state index in [-0.39, 0.29) is 11.8 Å². The average Bonchev–Trinajstić information content (AvgIpc) is 2.93. The van der Waals surface area contributed by atoms with E-state index >= 15 is 0 Å². The van der Waals surface area contributed by atoms with Crippen molar-refractivity contribution in [1.82, 2.24) is 9.78 Å². The standard InChI is InChI=1S/C17H19Cl2N3O2/c1-16(2,15(23)21-12-9-20-22(3)10-12)24-13-6-4-11(5-7-13)14-8-17(14,18)19/h4-7,9-10,14H,8H2,1-3H3,(H,21,23). The monoisotopic (exact) mass is 367 g/mol. The van der Waals surface area contributed by atoms with Crippen molar-refractivity contribution in [3.63, 3.8) is 0 Å². The Labute approximate surface area is 150 Å². The summed E-state index contributed by atoms with van der Waals surface area (Å²) >= 11 is 12.2. The molecule has 0 aliphatic heterocycles. The van der Waals surface area contributed by atoms with E-state index in [0.29, 0.717) is 11.4 Å². The summed E-state index contributed by atoms with van der Waals surface area (Å²) in [5.41, 5.74) is 0.674. The van der Waals surface area contributed by atoms with Crippen molar-refractivity contribution in [2.75, 3.05) is 5.32 Å². The number of nitrogens with one attached hydrogen (secondary N) is 1. The Morgan fingerprint density at radius 1 is 1.38 bits per heavy atom. The molecular formula is C17H19Cl2N3O2. The minimum absolute atomic E-state index is 0.164. The normalized spacial score (nSPS) is 19.0. The molecule has 3 rings (SSSR count). The molecule has 1 aromatic carbocycles. The number of halogens is 2. The molecule has 0 saturated heterocycles. The van der Waals surface area contributed by atoms with Gasteiger partial charge in [0.05, 0.1) is 11.9 Å². The minimum Gasteiger partial charge on any atom is -0.478 e. The largest absolute Gasteiger partial charge is 0.478 e. The summed E-state index contributed by atoms with van der Waals surface area (Å²) in [5, 5.41) is 6.81. The molecular weight excluding hydrogens is 349 g/mol. The smallest absolute Gasteiger partial charge is 0.268 e. The van der Waals surface area contributed by atoms with Crippen LogP contribution in [0.15, 0.2) is 36.7 Å². The maximum absolute atomic E-state index is 12.4. The zero-order valence-electron chi connectivity index (χ0n) is 13.7. The van der Waals surface area contributed by atoms with Crippen LogP contribution in [-0.4, -0.2) is 25.6 Å². The molecule has 1 fully saturated rings. The lowest BCUT2D eigenvalue weighted by Gasteiger charge is -2.25. The van der Waals surface area contributed by atoms with Crippen LogP contribution in [0.1, 0.15) is 31.7 Å². The molecule has 1 aromatic heterocycles. The van der Waals surface area contributed by atoms with E-state index in [0.717, 1.165) is 12.0 Å². The predicted molar refractivity (Wildman–Crippen MR) is 94.8 cm³/mol. The Morgan fingerprint density at radius 2 is 2.00 bits per heavy atom. The molecule has 0 radical (unpaired) electrons. The molecule has 1 saturated carbocycles. The van der Waals surface area contributed by atoms with Crippen molar-refractivity contribution in [2.45, 2.75) is 36.1 Å². The van der Waals surface area contributed by atoms with Crippen LogP contribution in [0.5, 0.6) is 5.75 Å². The van der Waals surface area contributed by atoms with Gasteiger partial charge in [-0.25, -0.2) is 0 Å². The number of ether oxygens (including phenoxy) is 1. The second-order valence-corrected chi connectivity index (χ2v) is 8.10. The number of hydrogen-bond acceptors (Lipinski definition) is 3. The molecule has 1 aliphatic rings. The summed E-state index contributed by atoms with van der Waals surface area (Å²) in [6.45, 7) is 3.44. The van der Waals surface area contributed by atoms with Gasteiger partial charge in [0.25, 0.3) is 5.91 Å². The summed E-state index contributed by atoms with van der Waals surface area (Å²) in [6, 6.07) is 7.52. The summed E-state index contributed by atoms with van der Waals surface area (Å²) in [4.78, 5) is 12.4. The molecule has 0 spiro atoms. The van der Waals surface area contributed by atoms with Gasteiger partial charge in [0.1, 0.15) is 10.1 Å². The van der Waals surface area contributed by atoms with E-state index in [1.165, 1.54) is 0 Å². The van der Waals surface area contributed by atoms with E-state index in [4.69, 9.17) is 27.9 Å². The number of aryl methyl sites for hydroxylation is 1. The molecule has 1 heterocycles. The van der Waals surface area contributed by atoms with Crippen molar-refractivity contribution in [3.8, 4) is 5.75 Å². The number of anilines is 1. The van der Waals surface area contributed by atoms with Crippen LogP contribution in [0, 0.1) is 0 Å². The van der Waals surface area contributed by atoms with Gasteiger partial charge in [0.2, 0.25) is 0 Å². The predicted octanol–water partition coefficient (Wildman–Crippen LogP) is 3.88. The fourth-order valence-electron chi connectivity index (χ4n) is 2.45. The number of hydrogen-bond donors (Lipinski definition) is 1. The highest BCUT2D eigenvalue weighted by molar-refractivity contribution is 6.51. The van der Waals surface area contributed by atoms with E-state index in [1.54, 1.807) is 38.0 Å². The zero-order chi connectivity index (χ0) is 17.5. The van der Waals surface area contributed by atoms with Crippen molar-refractivity contribution in [1.29, 1.82) is 0 Å². The van der Waals surface area contributed by atoms with Crippen molar-refractivity contribution >= 4 is 34.8 Å².